The Kier molecular flexibility index (Phi) is 3.06. The Bertz CT molecular complexity index is 1180. The second-order valence-corrected chi connectivity index (χ2v) is 5.51. The van der Waals surface area contributed by atoms with Crippen LogP contribution in [0.1, 0.15) is 0 Å². The van der Waals surface area contributed by atoms with Gasteiger partial charge in [0.25, 0.3) is 5.56 Å². The van der Waals surface area contributed by atoms with Crippen LogP contribution in [0.2, 0.25) is 0 Å². The number of pyridine rings is 1. The van der Waals surface area contributed by atoms with E-state index < -0.39 is 17.1 Å². The molecule has 2 aromatic carbocycles. The van der Waals surface area contributed by atoms with Crippen molar-refractivity contribution >= 4 is 10.9 Å². The van der Waals surface area contributed by atoms with Crippen molar-refractivity contribution in [3.05, 3.63) is 81.3 Å². The van der Waals surface area contributed by atoms with E-state index in [0.29, 0.717) is 11.3 Å². The van der Waals surface area contributed by atoms with E-state index in [2.05, 4.69) is 4.98 Å². The topological polar surface area (TPSA) is 56.9 Å². The van der Waals surface area contributed by atoms with Gasteiger partial charge in [-0.2, -0.15) is 4.98 Å². The predicted molar refractivity (Wildman–Crippen MR) is 89.2 cm³/mol. The van der Waals surface area contributed by atoms with Gasteiger partial charge in [0, 0.05) is 7.05 Å². The van der Waals surface area contributed by atoms with Crippen molar-refractivity contribution in [2.45, 2.75) is 0 Å². The number of para-hydroxylation sites is 1. The van der Waals surface area contributed by atoms with Gasteiger partial charge in [0.1, 0.15) is 5.82 Å². The van der Waals surface area contributed by atoms with E-state index in [0.717, 1.165) is 15.5 Å². The largest absolute Gasteiger partial charge is 0.352 e. The van der Waals surface area contributed by atoms with Crippen LogP contribution in [-0.2, 0) is 7.05 Å². The Morgan fingerprint density at radius 3 is 2.58 bits per heavy atom. The summed E-state index contributed by atoms with van der Waals surface area (Å²) in [6, 6.07) is 15.0. The monoisotopic (exact) mass is 321 g/mol. The fourth-order valence-electron chi connectivity index (χ4n) is 2.85. The molecule has 0 spiro atoms. The van der Waals surface area contributed by atoms with Gasteiger partial charge in [-0.3, -0.25) is 13.9 Å². The number of halogens is 1. The third-order valence-corrected chi connectivity index (χ3v) is 4.02. The third-order valence-electron chi connectivity index (χ3n) is 4.02. The average Bonchev–Trinajstić information content (AvgIpc) is 2.58. The van der Waals surface area contributed by atoms with Crippen LogP contribution in [0.25, 0.3) is 28.0 Å². The number of fused-ring (bicyclic) bond motifs is 2. The van der Waals surface area contributed by atoms with Crippen molar-refractivity contribution in [1.29, 1.82) is 0 Å². The van der Waals surface area contributed by atoms with Crippen LogP contribution >= 0.6 is 0 Å². The standard InChI is InChI=1S/C18H12FN3O2/c1-21-17(23)14-9-11-5-2-3-8-15(11)22(16(14)20-18(21)24)13-7-4-6-12(19)10-13/h2-10H,1H3. The maximum Gasteiger partial charge on any atom is 0.352 e. The number of hydrogen-bond acceptors (Lipinski definition) is 3. The van der Waals surface area contributed by atoms with Crippen molar-refractivity contribution in [1.82, 2.24) is 14.1 Å². The molecule has 0 bridgehead atoms. The van der Waals surface area contributed by atoms with Crippen molar-refractivity contribution in [2.75, 3.05) is 0 Å². The Hall–Kier alpha value is -3.28. The first-order valence-corrected chi connectivity index (χ1v) is 7.34. The maximum atomic E-state index is 13.7. The summed E-state index contributed by atoms with van der Waals surface area (Å²) in [6.07, 6.45) is 0. The summed E-state index contributed by atoms with van der Waals surface area (Å²) in [7, 11) is 1.39. The first kappa shape index (κ1) is 14.3. The highest BCUT2D eigenvalue weighted by atomic mass is 19.1. The lowest BCUT2D eigenvalue weighted by molar-refractivity contribution is 0.626. The molecule has 2 heterocycles. The fraction of sp³-hybridized carbons (Fsp3) is 0.0556. The second kappa shape index (κ2) is 5.13. The molecular formula is C18H12FN3O2. The third kappa shape index (κ3) is 2.04. The molecule has 4 rings (SSSR count). The molecule has 6 heteroatoms. The minimum absolute atomic E-state index is 0.215. The molecule has 0 fully saturated rings. The van der Waals surface area contributed by atoms with Crippen molar-refractivity contribution < 1.29 is 4.39 Å². The summed E-state index contributed by atoms with van der Waals surface area (Å²) < 4.78 is 16.3. The van der Waals surface area contributed by atoms with Gasteiger partial charge in [0.2, 0.25) is 0 Å². The number of nitrogens with zero attached hydrogens (tertiary/aromatic N) is 3. The molecule has 2 aliphatic rings. The number of rotatable bonds is 1. The lowest BCUT2D eigenvalue weighted by atomic mass is 10.1. The van der Waals surface area contributed by atoms with Gasteiger partial charge < -0.3 is 0 Å². The minimum atomic E-state index is -0.645. The molecule has 0 aromatic heterocycles. The van der Waals surface area contributed by atoms with E-state index in [1.54, 1.807) is 22.8 Å². The van der Waals surface area contributed by atoms with Gasteiger partial charge in [-0.15, -0.1) is 0 Å². The zero-order valence-corrected chi connectivity index (χ0v) is 12.7. The zero-order valence-electron chi connectivity index (χ0n) is 12.7. The predicted octanol–water partition coefficient (Wildman–Crippen LogP) is 2.33. The van der Waals surface area contributed by atoms with E-state index in [1.165, 1.54) is 19.2 Å². The van der Waals surface area contributed by atoms with Gasteiger partial charge in [0.05, 0.1) is 16.8 Å². The zero-order chi connectivity index (χ0) is 16.8. The van der Waals surface area contributed by atoms with Crippen LogP contribution in [0.4, 0.5) is 4.39 Å². The van der Waals surface area contributed by atoms with Gasteiger partial charge in [-0.25, -0.2) is 9.18 Å². The first-order valence-electron chi connectivity index (χ1n) is 7.34. The molecule has 0 atom stereocenters. The molecule has 0 aliphatic carbocycles. The molecule has 0 saturated heterocycles. The van der Waals surface area contributed by atoms with Gasteiger partial charge >= 0.3 is 5.69 Å². The number of benzene rings is 2. The second-order valence-electron chi connectivity index (χ2n) is 5.51. The van der Waals surface area contributed by atoms with E-state index in [-0.39, 0.29) is 5.82 Å². The quantitative estimate of drug-likeness (QED) is 0.506. The number of aromatic nitrogens is 3. The van der Waals surface area contributed by atoms with E-state index in [4.69, 9.17) is 0 Å². The summed E-state index contributed by atoms with van der Waals surface area (Å²) in [6.45, 7) is 0. The van der Waals surface area contributed by atoms with Crippen LogP contribution in [-0.4, -0.2) is 14.1 Å². The molecule has 24 heavy (non-hydrogen) atoms. The van der Waals surface area contributed by atoms with Crippen molar-refractivity contribution in [3.8, 4) is 17.1 Å². The highest BCUT2D eigenvalue weighted by Gasteiger charge is 2.19. The highest BCUT2D eigenvalue weighted by molar-refractivity contribution is 5.87. The molecular weight excluding hydrogens is 309 g/mol. The SMILES string of the molecule is Cn1c(=O)nc2n(-c3cccc(F)c3)c3ccccc3cc-2c1=O. The highest BCUT2D eigenvalue weighted by Crippen LogP contribution is 2.27. The fourth-order valence-corrected chi connectivity index (χ4v) is 2.85. The Morgan fingerprint density at radius 2 is 1.79 bits per heavy atom. The lowest BCUT2D eigenvalue weighted by Crippen LogP contribution is -2.35. The van der Waals surface area contributed by atoms with Crippen LogP contribution in [0.3, 0.4) is 0 Å². The van der Waals surface area contributed by atoms with E-state index in [1.807, 2.05) is 24.3 Å². The van der Waals surface area contributed by atoms with Gasteiger partial charge in [-0.1, -0.05) is 24.3 Å². The van der Waals surface area contributed by atoms with E-state index >= 15 is 0 Å². The smallest absolute Gasteiger partial charge is 0.294 e. The van der Waals surface area contributed by atoms with Crippen LogP contribution in [0, 0.1) is 5.82 Å². The summed E-state index contributed by atoms with van der Waals surface area (Å²) in [5.41, 5.74) is 0.460. The number of hydrogen-bond donors (Lipinski definition) is 0. The lowest BCUT2D eigenvalue weighted by Gasteiger charge is -2.18. The van der Waals surface area contributed by atoms with Crippen LogP contribution in [0.15, 0.2) is 64.2 Å². The van der Waals surface area contributed by atoms with E-state index in [9.17, 15) is 14.0 Å². The Balaban J connectivity index is 2.28. The minimum Gasteiger partial charge on any atom is -0.294 e. The molecule has 2 aliphatic heterocycles. The van der Waals surface area contributed by atoms with Crippen molar-refractivity contribution in [2.24, 2.45) is 7.05 Å². The Labute approximate surface area is 135 Å². The molecule has 0 unspecified atom stereocenters. The molecule has 0 radical (unpaired) electrons. The first-order chi connectivity index (χ1) is 11.6. The van der Waals surface area contributed by atoms with Crippen LogP contribution in [0.5, 0.6) is 0 Å². The summed E-state index contributed by atoms with van der Waals surface area (Å²) >= 11 is 0. The van der Waals surface area contributed by atoms with Crippen molar-refractivity contribution in [3.63, 3.8) is 0 Å². The molecule has 0 amide bonds. The summed E-state index contributed by atoms with van der Waals surface area (Å²) in [5, 5.41) is 0.798. The normalized spacial score (nSPS) is 11.2. The van der Waals surface area contributed by atoms with Gasteiger partial charge in [-0.05, 0) is 35.7 Å². The summed E-state index contributed by atoms with van der Waals surface area (Å²) in [5.74, 6) is -0.195. The maximum absolute atomic E-state index is 13.7. The Morgan fingerprint density at radius 1 is 1.00 bits per heavy atom. The molecule has 0 saturated carbocycles. The molecule has 0 N–H and O–H groups in total. The van der Waals surface area contributed by atoms with Crippen LogP contribution < -0.4 is 11.2 Å². The summed E-state index contributed by atoms with van der Waals surface area (Å²) in [4.78, 5) is 28.5. The average molecular weight is 321 g/mol. The molecule has 2 aromatic rings. The molecule has 5 nitrogen and oxygen atoms in total. The molecule has 118 valence electrons. The van der Waals surface area contributed by atoms with Gasteiger partial charge in [0.15, 0.2) is 5.82 Å².